The lowest BCUT2D eigenvalue weighted by Crippen LogP contribution is -2.29. The van der Waals surface area contributed by atoms with Crippen molar-refractivity contribution in [1.29, 1.82) is 0 Å². The fourth-order valence-electron chi connectivity index (χ4n) is 3.09. The summed E-state index contributed by atoms with van der Waals surface area (Å²) in [5.41, 5.74) is 3.06. The van der Waals surface area contributed by atoms with Gasteiger partial charge in [0, 0.05) is 25.3 Å². The summed E-state index contributed by atoms with van der Waals surface area (Å²) in [5, 5.41) is 3.42. The van der Waals surface area contributed by atoms with Crippen molar-refractivity contribution in [1.82, 2.24) is 5.32 Å². The van der Waals surface area contributed by atoms with Gasteiger partial charge in [0.05, 0.1) is 10.6 Å². The summed E-state index contributed by atoms with van der Waals surface area (Å²) < 4.78 is 0. The number of nitrogens with one attached hydrogen (secondary N) is 1. The van der Waals surface area contributed by atoms with E-state index in [-0.39, 0.29) is 5.91 Å². The minimum atomic E-state index is -0.120. The maximum Gasteiger partial charge on any atom is 0.252 e. The molecule has 1 saturated heterocycles. The molecule has 24 heavy (non-hydrogen) atoms. The number of anilines is 1. The number of carbonyl (C=O) groups is 1. The highest BCUT2D eigenvalue weighted by molar-refractivity contribution is 6.33. The lowest BCUT2D eigenvalue weighted by atomic mass is 10.1. The zero-order valence-corrected chi connectivity index (χ0v) is 14.6. The Morgan fingerprint density at radius 3 is 2.42 bits per heavy atom. The van der Waals surface area contributed by atoms with Crippen LogP contribution in [0.5, 0.6) is 0 Å². The van der Waals surface area contributed by atoms with Crippen LogP contribution in [0.4, 0.5) is 5.69 Å². The standard InChI is InChI=1S/C20H23ClN2O/c21-19-7-3-2-6-18(19)20(24)22-13-12-16-8-10-17(11-9-16)23-14-4-1-5-15-23/h2-3,6-11H,1,4-5,12-15H2,(H,22,24). The van der Waals surface area contributed by atoms with Crippen LogP contribution in [0.25, 0.3) is 0 Å². The molecule has 0 unspecified atom stereocenters. The Morgan fingerprint density at radius 2 is 1.71 bits per heavy atom. The molecule has 1 aliphatic heterocycles. The van der Waals surface area contributed by atoms with Gasteiger partial charge in [-0.25, -0.2) is 0 Å². The Hall–Kier alpha value is -2.00. The smallest absolute Gasteiger partial charge is 0.252 e. The number of piperidine rings is 1. The highest BCUT2D eigenvalue weighted by Crippen LogP contribution is 2.20. The highest BCUT2D eigenvalue weighted by atomic mass is 35.5. The van der Waals surface area contributed by atoms with Crippen molar-refractivity contribution in [2.24, 2.45) is 0 Å². The molecule has 3 nitrogen and oxygen atoms in total. The van der Waals surface area contributed by atoms with E-state index in [9.17, 15) is 4.79 Å². The van der Waals surface area contributed by atoms with Gasteiger partial charge in [-0.3, -0.25) is 4.79 Å². The Kier molecular flexibility index (Phi) is 5.76. The molecule has 0 saturated carbocycles. The van der Waals surface area contributed by atoms with E-state index in [2.05, 4.69) is 34.5 Å². The first-order valence-electron chi connectivity index (χ1n) is 8.60. The van der Waals surface area contributed by atoms with Crippen molar-refractivity contribution in [2.75, 3.05) is 24.5 Å². The molecule has 1 fully saturated rings. The van der Waals surface area contributed by atoms with E-state index in [1.807, 2.05) is 12.1 Å². The van der Waals surface area contributed by atoms with Crippen molar-refractivity contribution >= 4 is 23.2 Å². The number of rotatable bonds is 5. The van der Waals surface area contributed by atoms with Gasteiger partial charge < -0.3 is 10.2 Å². The average molecular weight is 343 g/mol. The van der Waals surface area contributed by atoms with Crippen LogP contribution < -0.4 is 10.2 Å². The Bertz CT molecular complexity index is 678. The molecule has 126 valence electrons. The second-order valence-corrected chi connectivity index (χ2v) is 6.61. The minimum Gasteiger partial charge on any atom is -0.372 e. The van der Waals surface area contributed by atoms with E-state index in [0.717, 1.165) is 19.5 Å². The summed E-state index contributed by atoms with van der Waals surface area (Å²) in [4.78, 5) is 14.6. The van der Waals surface area contributed by atoms with Crippen LogP contribution >= 0.6 is 11.6 Å². The summed E-state index contributed by atoms with van der Waals surface area (Å²) in [6.45, 7) is 2.92. The molecule has 1 amide bonds. The van der Waals surface area contributed by atoms with Gasteiger partial charge in [0.2, 0.25) is 0 Å². The van der Waals surface area contributed by atoms with Crippen LogP contribution in [0.2, 0.25) is 5.02 Å². The number of hydrogen-bond acceptors (Lipinski definition) is 2. The lowest BCUT2D eigenvalue weighted by molar-refractivity contribution is 0.0954. The third kappa shape index (κ3) is 4.30. The second kappa shape index (κ2) is 8.20. The molecule has 3 rings (SSSR count). The summed E-state index contributed by atoms with van der Waals surface area (Å²) in [6, 6.07) is 15.8. The second-order valence-electron chi connectivity index (χ2n) is 6.20. The van der Waals surface area contributed by atoms with Gasteiger partial charge in [0.15, 0.2) is 0 Å². The number of nitrogens with zero attached hydrogens (tertiary/aromatic N) is 1. The van der Waals surface area contributed by atoms with Gasteiger partial charge in [-0.15, -0.1) is 0 Å². The summed E-state index contributed by atoms with van der Waals surface area (Å²) in [5.74, 6) is -0.120. The van der Waals surface area contributed by atoms with Crippen molar-refractivity contribution in [3.8, 4) is 0 Å². The maximum absolute atomic E-state index is 12.1. The monoisotopic (exact) mass is 342 g/mol. The molecule has 0 radical (unpaired) electrons. The van der Waals surface area contributed by atoms with E-state index < -0.39 is 0 Å². The van der Waals surface area contributed by atoms with Gasteiger partial charge in [0.1, 0.15) is 0 Å². The molecule has 0 spiro atoms. The summed E-state index contributed by atoms with van der Waals surface area (Å²) in [6.07, 6.45) is 4.74. The van der Waals surface area contributed by atoms with Crippen molar-refractivity contribution in [3.05, 3.63) is 64.7 Å². The Morgan fingerprint density at radius 1 is 1.00 bits per heavy atom. The van der Waals surface area contributed by atoms with Crippen molar-refractivity contribution < 1.29 is 4.79 Å². The minimum absolute atomic E-state index is 0.120. The molecule has 1 heterocycles. The molecule has 2 aromatic carbocycles. The summed E-state index contributed by atoms with van der Waals surface area (Å²) in [7, 11) is 0. The van der Waals surface area contributed by atoms with E-state index in [1.54, 1.807) is 12.1 Å². The number of benzene rings is 2. The molecular formula is C20H23ClN2O. The van der Waals surface area contributed by atoms with E-state index in [0.29, 0.717) is 17.1 Å². The van der Waals surface area contributed by atoms with E-state index in [4.69, 9.17) is 11.6 Å². The number of hydrogen-bond donors (Lipinski definition) is 1. The van der Waals surface area contributed by atoms with Gasteiger partial charge >= 0.3 is 0 Å². The third-order valence-electron chi connectivity index (χ3n) is 4.48. The quantitative estimate of drug-likeness (QED) is 0.878. The highest BCUT2D eigenvalue weighted by Gasteiger charge is 2.11. The lowest BCUT2D eigenvalue weighted by Gasteiger charge is -2.28. The fourth-order valence-corrected chi connectivity index (χ4v) is 3.31. The molecule has 0 bridgehead atoms. The van der Waals surface area contributed by atoms with Crippen LogP contribution in [-0.2, 0) is 6.42 Å². The SMILES string of the molecule is O=C(NCCc1ccc(N2CCCCC2)cc1)c1ccccc1Cl. The fraction of sp³-hybridized carbons (Fsp3) is 0.350. The largest absolute Gasteiger partial charge is 0.372 e. The number of halogens is 1. The van der Waals surface area contributed by atoms with E-state index >= 15 is 0 Å². The van der Waals surface area contributed by atoms with Crippen molar-refractivity contribution in [3.63, 3.8) is 0 Å². The average Bonchev–Trinajstić information content (AvgIpc) is 2.63. The predicted molar refractivity (Wildman–Crippen MR) is 100.0 cm³/mol. The summed E-state index contributed by atoms with van der Waals surface area (Å²) >= 11 is 6.04. The molecule has 0 atom stereocenters. The van der Waals surface area contributed by atoms with Crippen LogP contribution in [0, 0.1) is 0 Å². The first-order valence-corrected chi connectivity index (χ1v) is 8.98. The Labute approximate surface area is 148 Å². The first kappa shape index (κ1) is 16.8. The van der Waals surface area contributed by atoms with Gasteiger partial charge in [-0.05, 0) is 55.5 Å². The van der Waals surface area contributed by atoms with Crippen LogP contribution in [0.1, 0.15) is 35.2 Å². The zero-order chi connectivity index (χ0) is 16.8. The van der Waals surface area contributed by atoms with Gasteiger partial charge in [-0.1, -0.05) is 35.9 Å². The van der Waals surface area contributed by atoms with Gasteiger partial charge in [-0.2, -0.15) is 0 Å². The molecule has 2 aromatic rings. The Balaban J connectivity index is 1.50. The topological polar surface area (TPSA) is 32.3 Å². The van der Waals surface area contributed by atoms with Crippen LogP contribution in [0.15, 0.2) is 48.5 Å². The maximum atomic E-state index is 12.1. The number of carbonyl (C=O) groups excluding carboxylic acids is 1. The predicted octanol–water partition coefficient (Wildman–Crippen LogP) is 4.30. The molecule has 1 aliphatic rings. The molecular weight excluding hydrogens is 320 g/mol. The number of amides is 1. The third-order valence-corrected chi connectivity index (χ3v) is 4.80. The van der Waals surface area contributed by atoms with Crippen molar-refractivity contribution in [2.45, 2.75) is 25.7 Å². The molecule has 4 heteroatoms. The first-order chi connectivity index (χ1) is 11.7. The van der Waals surface area contributed by atoms with Crippen LogP contribution in [0.3, 0.4) is 0 Å². The van der Waals surface area contributed by atoms with E-state index in [1.165, 1.54) is 30.5 Å². The molecule has 0 aromatic heterocycles. The molecule has 1 N–H and O–H groups in total. The zero-order valence-electron chi connectivity index (χ0n) is 13.8. The van der Waals surface area contributed by atoms with Crippen LogP contribution in [-0.4, -0.2) is 25.5 Å². The van der Waals surface area contributed by atoms with Gasteiger partial charge in [0.25, 0.3) is 5.91 Å². The normalized spacial score (nSPS) is 14.5. The molecule has 0 aliphatic carbocycles.